The van der Waals surface area contributed by atoms with Crippen LogP contribution in [0, 0.1) is 0 Å². The van der Waals surface area contributed by atoms with Crippen LogP contribution in [0.15, 0.2) is 48.5 Å². The topological polar surface area (TPSA) is 76.7 Å². The number of ether oxygens (including phenoxy) is 2. The zero-order chi connectivity index (χ0) is 24.5. The fraction of sp³-hybridized carbons (Fsp3) is 0.500. The zero-order valence-electron chi connectivity index (χ0n) is 20.8. The van der Waals surface area contributed by atoms with Gasteiger partial charge in [0.05, 0.1) is 0 Å². The Balaban J connectivity index is 1.44. The van der Waals surface area contributed by atoms with Gasteiger partial charge >= 0.3 is 0 Å². The summed E-state index contributed by atoms with van der Waals surface area (Å²) >= 11 is 0. The molecule has 6 heteroatoms. The van der Waals surface area contributed by atoms with Gasteiger partial charge in [0.1, 0.15) is 11.5 Å². The molecule has 0 saturated heterocycles. The summed E-state index contributed by atoms with van der Waals surface area (Å²) in [5.41, 5.74) is 2.46. The van der Waals surface area contributed by atoms with Crippen LogP contribution in [-0.2, 0) is 9.59 Å². The molecule has 1 aliphatic carbocycles. The van der Waals surface area contributed by atoms with Gasteiger partial charge in [-0.3, -0.25) is 9.59 Å². The summed E-state index contributed by atoms with van der Waals surface area (Å²) in [6.45, 7) is 8.46. The molecule has 6 nitrogen and oxygen atoms in total. The van der Waals surface area contributed by atoms with Crippen LogP contribution in [0.3, 0.4) is 0 Å². The van der Waals surface area contributed by atoms with Crippen LogP contribution >= 0.6 is 0 Å². The fourth-order valence-corrected chi connectivity index (χ4v) is 4.17. The lowest BCUT2D eigenvalue weighted by atomic mass is 9.90. The van der Waals surface area contributed by atoms with Crippen molar-refractivity contribution < 1.29 is 19.1 Å². The van der Waals surface area contributed by atoms with Gasteiger partial charge in [-0.1, -0.05) is 64.8 Å². The third kappa shape index (κ3) is 7.79. The van der Waals surface area contributed by atoms with E-state index in [2.05, 4.69) is 38.3 Å². The number of hydrogen-bond acceptors (Lipinski definition) is 4. The van der Waals surface area contributed by atoms with Gasteiger partial charge in [0.2, 0.25) is 0 Å². The number of carbonyl (C=O) groups is 2. The molecule has 0 spiro atoms. The normalized spacial score (nSPS) is 17.9. The molecule has 2 N–H and O–H groups in total. The number of amides is 2. The third-order valence-electron chi connectivity index (χ3n) is 6.29. The Morgan fingerprint density at radius 1 is 0.706 bits per heavy atom. The van der Waals surface area contributed by atoms with E-state index >= 15 is 0 Å². The van der Waals surface area contributed by atoms with E-state index in [4.69, 9.17) is 9.47 Å². The number of hydrogen-bond donors (Lipinski definition) is 2. The van der Waals surface area contributed by atoms with Crippen LogP contribution in [0.1, 0.15) is 76.3 Å². The summed E-state index contributed by atoms with van der Waals surface area (Å²) in [4.78, 5) is 25.0. The minimum atomic E-state index is -0.180. The van der Waals surface area contributed by atoms with E-state index in [1.807, 2.05) is 48.5 Å². The Morgan fingerprint density at radius 3 is 1.38 bits per heavy atom. The van der Waals surface area contributed by atoms with Crippen molar-refractivity contribution in [3.63, 3.8) is 0 Å². The summed E-state index contributed by atoms with van der Waals surface area (Å²) in [6, 6.07) is 15.4. The molecule has 0 bridgehead atoms. The summed E-state index contributed by atoms with van der Waals surface area (Å²) in [6.07, 6.45) is 3.70. The highest BCUT2D eigenvalue weighted by molar-refractivity contribution is 5.79. The maximum Gasteiger partial charge on any atom is 0.258 e. The highest BCUT2D eigenvalue weighted by Gasteiger charge is 2.28. The van der Waals surface area contributed by atoms with Crippen molar-refractivity contribution in [2.75, 3.05) is 13.2 Å². The minimum Gasteiger partial charge on any atom is -0.484 e. The Labute approximate surface area is 203 Å². The first kappa shape index (κ1) is 25.6. The molecule has 2 amide bonds. The van der Waals surface area contributed by atoms with Crippen molar-refractivity contribution in [3.05, 3.63) is 59.7 Å². The largest absolute Gasteiger partial charge is 0.484 e. The van der Waals surface area contributed by atoms with Gasteiger partial charge in [-0.05, 0) is 60.1 Å². The Kier molecular flexibility index (Phi) is 9.37. The molecule has 0 radical (unpaired) electrons. The lowest BCUT2D eigenvalue weighted by molar-refractivity contribution is -0.127. The summed E-state index contributed by atoms with van der Waals surface area (Å²) in [5.74, 6) is 1.89. The highest BCUT2D eigenvalue weighted by Crippen LogP contribution is 2.21. The first-order chi connectivity index (χ1) is 16.3. The minimum absolute atomic E-state index is 0.0479. The van der Waals surface area contributed by atoms with E-state index in [1.54, 1.807) is 0 Å². The molecule has 34 heavy (non-hydrogen) atoms. The highest BCUT2D eigenvalue weighted by atomic mass is 16.5. The Hall–Kier alpha value is -3.02. The second-order valence-corrected chi connectivity index (χ2v) is 9.66. The van der Waals surface area contributed by atoms with Gasteiger partial charge in [0.25, 0.3) is 11.8 Å². The van der Waals surface area contributed by atoms with E-state index in [-0.39, 0.29) is 37.1 Å². The standard InChI is InChI=1S/C28H38N2O4/c1-19(2)21-9-13-23(14-10-21)33-17-27(31)29-25-7-5-6-8-26(25)30-28(32)18-34-24-15-11-22(12-16-24)20(3)4/h9-16,19-20,25-26H,5-8,17-18H2,1-4H3,(H,29,31)(H,30,32)/t25-,26-/m1/s1. The average molecular weight is 467 g/mol. The molecule has 1 fully saturated rings. The lowest BCUT2D eigenvalue weighted by Crippen LogP contribution is -2.54. The smallest absolute Gasteiger partial charge is 0.258 e. The van der Waals surface area contributed by atoms with Gasteiger partial charge in [-0.25, -0.2) is 0 Å². The summed E-state index contributed by atoms with van der Waals surface area (Å²) in [5, 5.41) is 6.09. The van der Waals surface area contributed by atoms with Crippen LogP contribution in [0.25, 0.3) is 0 Å². The zero-order valence-corrected chi connectivity index (χ0v) is 20.8. The molecule has 1 saturated carbocycles. The number of carbonyl (C=O) groups excluding carboxylic acids is 2. The van der Waals surface area contributed by atoms with Gasteiger partial charge in [0, 0.05) is 12.1 Å². The van der Waals surface area contributed by atoms with E-state index in [9.17, 15) is 9.59 Å². The van der Waals surface area contributed by atoms with Crippen molar-refractivity contribution >= 4 is 11.8 Å². The second kappa shape index (κ2) is 12.4. The first-order valence-corrected chi connectivity index (χ1v) is 12.4. The molecule has 3 rings (SSSR count). The molecule has 0 aromatic heterocycles. The molecule has 2 aromatic carbocycles. The lowest BCUT2D eigenvalue weighted by Gasteiger charge is -2.32. The second-order valence-electron chi connectivity index (χ2n) is 9.66. The third-order valence-corrected chi connectivity index (χ3v) is 6.29. The molecule has 184 valence electrons. The number of benzene rings is 2. The maximum absolute atomic E-state index is 12.5. The van der Waals surface area contributed by atoms with Crippen LogP contribution < -0.4 is 20.1 Å². The predicted octanol–water partition coefficient (Wildman–Crippen LogP) is 4.93. The van der Waals surface area contributed by atoms with Gasteiger partial charge < -0.3 is 20.1 Å². The molecular weight excluding hydrogens is 428 g/mol. The van der Waals surface area contributed by atoms with E-state index < -0.39 is 0 Å². The molecule has 1 aliphatic rings. The molecule has 2 aromatic rings. The van der Waals surface area contributed by atoms with Crippen molar-refractivity contribution in [1.29, 1.82) is 0 Å². The van der Waals surface area contributed by atoms with Crippen LogP contribution in [0.4, 0.5) is 0 Å². The summed E-state index contributed by atoms with van der Waals surface area (Å²) < 4.78 is 11.3. The van der Waals surface area contributed by atoms with Crippen molar-refractivity contribution in [3.8, 4) is 11.5 Å². The van der Waals surface area contributed by atoms with E-state index in [0.29, 0.717) is 23.3 Å². The van der Waals surface area contributed by atoms with E-state index in [0.717, 1.165) is 25.7 Å². The molecule has 0 aliphatic heterocycles. The van der Waals surface area contributed by atoms with Crippen LogP contribution in [-0.4, -0.2) is 37.1 Å². The summed E-state index contributed by atoms with van der Waals surface area (Å²) in [7, 11) is 0. The van der Waals surface area contributed by atoms with Crippen molar-refractivity contribution in [2.24, 2.45) is 0 Å². The fourth-order valence-electron chi connectivity index (χ4n) is 4.17. The van der Waals surface area contributed by atoms with Crippen LogP contribution in [0.5, 0.6) is 11.5 Å². The van der Waals surface area contributed by atoms with Gasteiger partial charge in [-0.2, -0.15) is 0 Å². The molecule has 2 atom stereocenters. The van der Waals surface area contributed by atoms with Crippen molar-refractivity contribution in [1.82, 2.24) is 10.6 Å². The SMILES string of the molecule is CC(C)c1ccc(OCC(=O)N[C@@H]2CCCC[C@H]2NC(=O)COc2ccc(C(C)C)cc2)cc1. The average Bonchev–Trinajstić information content (AvgIpc) is 2.83. The first-order valence-electron chi connectivity index (χ1n) is 12.4. The molecule has 0 unspecified atom stereocenters. The maximum atomic E-state index is 12.5. The quantitative estimate of drug-likeness (QED) is 0.520. The Morgan fingerprint density at radius 2 is 1.06 bits per heavy atom. The van der Waals surface area contributed by atoms with Gasteiger partial charge in [-0.15, -0.1) is 0 Å². The molecule has 0 heterocycles. The predicted molar refractivity (Wildman–Crippen MR) is 134 cm³/mol. The van der Waals surface area contributed by atoms with E-state index in [1.165, 1.54) is 11.1 Å². The van der Waals surface area contributed by atoms with Gasteiger partial charge in [0.15, 0.2) is 13.2 Å². The Bertz CT molecular complexity index is 845. The van der Waals surface area contributed by atoms with Crippen LogP contribution in [0.2, 0.25) is 0 Å². The monoisotopic (exact) mass is 466 g/mol. The number of rotatable bonds is 10. The number of nitrogens with one attached hydrogen (secondary N) is 2. The van der Waals surface area contributed by atoms with Crippen molar-refractivity contribution in [2.45, 2.75) is 77.3 Å². The molecular formula is C28H38N2O4.